The third kappa shape index (κ3) is 1.82. The fourth-order valence-corrected chi connectivity index (χ4v) is 3.24. The van der Waals surface area contributed by atoms with Crippen LogP contribution in [0.4, 0.5) is 0 Å². The van der Waals surface area contributed by atoms with Crippen molar-refractivity contribution in [3.63, 3.8) is 0 Å². The number of nitrogens with one attached hydrogen (secondary N) is 1. The topological polar surface area (TPSA) is 15.3 Å². The van der Waals surface area contributed by atoms with Crippen LogP contribution in [0, 0.1) is 5.92 Å². The first kappa shape index (κ1) is 10.4. The minimum absolute atomic E-state index is 0.638. The smallest absolute Gasteiger partial charge is 0.0221 e. The Morgan fingerprint density at radius 3 is 2.64 bits per heavy atom. The number of nitrogens with zero attached hydrogens (tertiary/aromatic N) is 1. The van der Waals surface area contributed by atoms with Crippen LogP contribution >= 0.6 is 0 Å². The van der Waals surface area contributed by atoms with Crippen LogP contribution in [-0.4, -0.2) is 36.1 Å². The van der Waals surface area contributed by atoms with Crippen LogP contribution in [0.1, 0.15) is 40.0 Å². The number of likely N-dealkylation sites (N-methyl/N-ethyl adjacent to an activating group) is 1. The van der Waals surface area contributed by atoms with Gasteiger partial charge in [0.15, 0.2) is 0 Å². The highest BCUT2D eigenvalue weighted by molar-refractivity contribution is 4.96. The van der Waals surface area contributed by atoms with Gasteiger partial charge in [0.25, 0.3) is 0 Å². The lowest BCUT2D eigenvalue weighted by atomic mass is 10.1. The summed E-state index contributed by atoms with van der Waals surface area (Å²) < 4.78 is 0. The molecule has 14 heavy (non-hydrogen) atoms. The number of hydrogen-bond acceptors (Lipinski definition) is 2. The Morgan fingerprint density at radius 2 is 2.14 bits per heavy atom. The summed E-state index contributed by atoms with van der Waals surface area (Å²) in [6.45, 7) is 9.35. The minimum atomic E-state index is 0.638. The standard InChI is InChI=1S/C12H24N2/c1-4-13-9(2)10(3)14-8-11-5-6-12(14)7-11/h9-13H,4-8H2,1-3H3. The van der Waals surface area contributed by atoms with Crippen LogP contribution in [0.5, 0.6) is 0 Å². The van der Waals surface area contributed by atoms with E-state index in [-0.39, 0.29) is 0 Å². The highest BCUT2D eigenvalue weighted by Gasteiger charge is 2.40. The van der Waals surface area contributed by atoms with Crippen molar-refractivity contribution in [2.75, 3.05) is 13.1 Å². The van der Waals surface area contributed by atoms with Gasteiger partial charge in [0.1, 0.15) is 0 Å². The Morgan fingerprint density at radius 1 is 1.36 bits per heavy atom. The SMILES string of the molecule is CCNC(C)C(C)N1CC2CCC1C2. The average molecular weight is 196 g/mol. The first-order valence-corrected chi connectivity index (χ1v) is 6.21. The van der Waals surface area contributed by atoms with Crippen LogP contribution in [0.2, 0.25) is 0 Å². The Balaban J connectivity index is 1.89. The number of hydrogen-bond donors (Lipinski definition) is 1. The first-order valence-electron chi connectivity index (χ1n) is 6.21. The Bertz CT molecular complexity index is 193. The fourth-order valence-electron chi connectivity index (χ4n) is 3.24. The zero-order valence-corrected chi connectivity index (χ0v) is 9.79. The molecule has 0 aromatic rings. The van der Waals surface area contributed by atoms with Gasteiger partial charge in [-0.05, 0) is 45.6 Å². The summed E-state index contributed by atoms with van der Waals surface area (Å²) in [6, 6.07) is 2.26. The monoisotopic (exact) mass is 196 g/mol. The Kier molecular flexibility index (Phi) is 3.13. The van der Waals surface area contributed by atoms with E-state index in [1.807, 2.05) is 0 Å². The molecule has 1 saturated heterocycles. The molecule has 2 bridgehead atoms. The molecule has 0 aromatic heterocycles. The summed E-state index contributed by atoms with van der Waals surface area (Å²) in [7, 11) is 0. The molecule has 0 spiro atoms. The predicted octanol–water partition coefficient (Wildman–Crippen LogP) is 1.86. The molecule has 1 aliphatic carbocycles. The maximum atomic E-state index is 3.54. The molecule has 0 aromatic carbocycles. The second kappa shape index (κ2) is 4.19. The molecular weight excluding hydrogens is 172 g/mol. The van der Waals surface area contributed by atoms with Gasteiger partial charge in [0.05, 0.1) is 0 Å². The van der Waals surface area contributed by atoms with E-state index in [9.17, 15) is 0 Å². The summed E-state index contributed by atoms with van der Waals surface area (Å²) in [5.41, 5.74) is 0. The van der Waals surface area contributed by atoms with Crippen LogP contribution in [0.3, 0.4) is 0 Å². The summed E-state index contributed by atoms with van der Waals surface area (Å²) in [5.74, 6) is 1.02. The maximum absolute atomic E-state index is 3.54. The molecule has 0 amide bonds. The van der Waals surface area contributed by atoms with Crippen molar-refractivity contribution in [1.82, 2.24) is 10.2 Å². The normalized spacial score (nSPS) is 36.2. The number of rotatable bonds is 4. The average Bonchev–Trinajstić information content (AvgIpc) is 2.77. The Hall–Kier alpha value is -0.0800. The van der Waals surface area contributed by atoms with E-state index in [2.05, 4.69) is 31.0 Å². The zero-order chi connectivity index (χ0) is 10.1. The molecule has 2 fully saturated rings. The molecule has 1 saturated carbocycles. The summed E-state index contributed by atoms with van der Waals surface area (Å²) in [5, 5.41) is 3.54. The minimum Gasteiger partial charge on any atom is -0.313 e. The lowest BCUT2D eigenvalue weighted by Crippen LogP contribution is -2.49. The van der Waals surface area contributed by atoms with E-state index in [4.69, 9.17) is 0 Å². The second-order valence-corrected chi connectivity index (χ2v) is 5.12. The Labute approximate surface area is 88.1 Å². The molecule has 2 nitrogen and oxygen atoms in total. The van der Waals surface area contributed by atoms with E-state index >= 15 is 0 Å². The van der Waals surface area contributed by atoms with Crippen molar-refractivity contribution in [2.45, 2.75) is 58.2 Å². The van der Waals surface area contributed by atoms with Crippen molar-refractivity contribution >= 4 is 0 Å². The molecule has 4 unspecified atom stereocenters. The van der Waals surface area contributed by atoms with Crippen molar-refractivity contribution in [3.05, 3.63) is 0 Å². The zero-order valence-electron chi connectivity index (χ0n) is 9.79. The van der Waals surface area contributed by atoms with E-state index < -0.39 is 0 Å². The van der Waals surface area contributed by atoms with Gasteiger partial charge >= 0.3 is 0 Å². The molecule has 1 aliphatic heterocycles. The van der Waals surface area contributed by atoms with Gasteiger partial charge in [-0.25, -0.2) is 0 Å². The quantitative estimate of drug-likeness (QED) is 0.738. The second-order valence-electron chi connectivity index (χ2n) is 5.12. The van der Waals surface area contributed by atoms with E-state index in [0.29, 0.717) is 12.1 Å². The number of fused-ring (bicyclic) bond motifs is 2. The van der Waals surface area contributed by atoms with Crippen LogP contribution in [-0.2, 0) is 0 Å². The highest BCUT2D eigenvalue weighted by Crippen LogP contribution is 2.38. The number of piperidine rings is 1. The van der Waals surface area contributed by atoms with E-state index in [0.717, 1.165) is 18.5 Å². The molecule has 2 aliphatic rings. The summed E-state index contributed by atoms with van der Waals surface area (Å²) in [4.78, 5) is 2.74. The summed E-state index contributed by atoms with van der Waals surface area (Å²) in [6.07, 6.45) is 4.42. The lowest BCUT2D eigenvalue weighted by Gasteiger charge is -2.36. The summed E-state index contributed by atoms with van der Waals surface area (Å²) >= 11 is 0. The van der Waals surface area contributed by atoms with Crippen LogP contribution < -0.4 is 5.32 Å². The predicted molar refractivity (Wildman–Crippen MR) is 60.4 cm³/mol. The van der Waals surface area contributed by atoms with Crippen LogP contribution in [0.15, 0.2) is 0 Å². The molecule has 82 valence electrons. The van der Waals surface area contributed by atoms with E-state index in [1.54, 1.807) is 0 Å². The van der Waals surface area contributed by atoms with Crippen molar-refractivity contribution in [1.29, 1.82) is 0 Å². The van der Waals surface area contributed by atoms with Crippen LogP contribution in [0.25, 0.3) is 0 Å². The van der Waals surface area contributed by atoms with Gasteiger partial charge in [-0.2, -0.15) is 0 Å². The van der Waals surface area contributed by atoms with Gasteiger partial charge < -0.3 is 5.32 Å². The van der Waals surface area contributed by atoms with Crippen molar-refractivity contribution < 1.29 is 0 Å². The molecular formula is C12H24N2. The molecule has 0 radical (unpaired) electrons. The molecule has 1 heterocycles. The van der Waals surface area contributed by atoms with Crippen molar-refractivity contribution in [2.24, 2.45) is 5.92 Å². The first-order chi connectivity index (χ1) is 6.72. The van der Waals surface area contributed by atoms with Gasteiger partial charge in [-0.15, -0.1) is 0 Å². The maximum Gasteiger partial charge on any atom is 0.0221 e. The largest absolute Gasteiger partial charge is 0.313 e. The van der Waals surface area contributed by atoms with E-state index in [1.165, 1.54) is 25.8 Å². The van der Waals surface area contributed by atoms with Gasteiger partial charge in [0.2, 0.25) is 0 Å². The molecule has 1 N–H and O–H groups in total. The third-order valence-electron chi connectivity index (χ3n) is 4.22. The van der Waals surface area contributed by atoms with Gasteiger partial charge in [-0.3, -0.25) is 4.90 Å². The van der Waals surface area contributed by atoms with Gasteiger partial charge in [0, 0.05) is 24.7 Å². The fraction of sp³-hybridized carbons (Fsp3) is 1.00. The molecule has 2 rings (SSSR count). The molecule has 2 heteroatoms. The lowest BCUT2D eigenvalue weighted by molar-refractivity contribution is 0.134. The molecule has 4 atom stereocenters. The number of likely N-dealkylation sites (tertiary alicyclic amines) is 1. The van der Waals surface area contributed by atoms with Crippen molar-refractivity contribution in [3.8, 4) is 0 Å². The van der Waals surface area contributed by atoms with Gasteiger partial charge in [-0.1, -0.05) is 6.92 Å². The highest BCUT2D eigenvalue weighted by atomic mass is 15.2. The third-order valence-corrected chi connectivity index (χ3v) is 4.22.